The highest BCUT2D eigenvalue weighted by molar-refractivity contribution is 5.46. The lowest BCUT2D eigenvalue weighted by Gasteiger charge is -2.16. The summed E-state index contributed by atoms with van der Waals surface area (Å²) in [7, 11) is 0. The van der Waals surface area contributed by atoms with E-state index < -0.39 is 0 Å². The summed E-state index contributed by atoms with van der Waals surface area (Å²) < 4.78 is 19.3. The van der Waals surface area contributed by atoms with Crippen LogP contribution in [0, 0.1) is 5.82 Å². The Morgan fingerprint density at radius 1 is 1.18 bits per heavy atom. The third-order valence-electron chi connectivity index (χ3n) is 3.42. The number of ether oxygens (including phenoxy) is 1. The van der Waals surface area contributed by atoms with E-state index >= 15 is 0 Å². The highest BCUT2D eigenvalue weighted by Crippen LogP contribution is 2.23. The second kappa shape index (κ2) is 6.01. The van der Waals surface area contributed by atoms with Crippen LogP contribution in [0.4, 0.5) is 10.1 Å². The van der Waals surface area contributed by atoms with Gasteiger partial charge in [-0.05, 0) is 25.0 Å². The molecule has 1 fully saturated rings. The second-order valence-corrected chi connectivity index (χ2v) is 4.73. The van der Waals surface area contributed by atoms with Crippen LogP contribution >= 0.6 is 0 Å². The molecule has 17 heavy (non-hydrogen) atoms. The van der Waals surface area contributed by atoms with Gasteiger partial charge >= 0.3 is 0 Å². The Balaban J connectivity index is 1.92. The molecule has 0 aliphatic heterocycles. The van der Waals surface area contributed by atoms with E-state index in [1.54, 1.807) is 12.1 Å². The summed E-state index contributed by atoms with van der Waals surface area (Å²) in [5.41, 5.74) is 6.73. The van der Waals surface area contributed by atoms with Crippen molar-refractivity contribution in [2.75, 3.05) is 5.73 Å². The van der Waals surface area contributed by atoms with Gasteiger partial charge in [-0.3, -0.25) is 0 Å². The van der Waals surface area contributed by atoms with E-state index in [0.29, 0.717) is 17.9 Å². The monoisotopic (exact) mass is 237 g/mol. The number of hydrogen-bond acceptors (Lipinski definition) is 2. The molecular weight excluding hydrogens is 217 g/mol. The zero-order chi connectivity index (χ0) is 12.1. The van der Waals surface area contributed by atoms with Crippen molar-refractivity contribution >= 4 is 5.69 Å². The smallest absolute Gasteiger partial charge is 0.130 e. The maximum Gasteiger partial charge on any atom is 0.130 e. The largest absolute Gasteiger partial charge is 0.398 e. The van der Waals surface area contributed by atoms with Crippen LogP contribution in [0.5, 0.6) is 0 Å². The summed E-state index contributed by atoms with van der Waals surface area (Å²) >= 11 is 0. The Kier molecular flexibility index (Phi) is 4.37. The number of halogens is 1. The molecule has 1 aliphatic carbocycles. The van der Waals surface area contributed by atoms with Crippen LogP contribution in [0.3, 0.4) is 0 Å². The quantitative estimate of drug-likeness (QED) is 0.643. The van der Waals surface area contributed by atoms with Gasteiger partial charge in [0.1, 0.15) is 5.82 Å². The SMILES string of the molecule is Nc1cccc(F)c1COC1CCCCCC1. The first kappa shape index (κ1) is 12.4. The fourth-order valence-corrected chi connectivity index (χ4v) is 2.34. The van der Waals surface area contributed by atoms with Crippen molar-refractivity contribution in [3.05, 3.63) is 29.6 Å². The third-order valence-corrected chi connectivity index (χ3v) is 3.42. The molecule has 0 unspecified atom stereocenters. The molecule has 94 valence electrons. The van der Waals surface area contributed by atoms with Crippen LogP contribution < -0.4 is 5.73 Å². The predicted molar refractivity (Wildman–Crippen MR) is 67.1 cm³/mol. The van der Waals surface area contributed by atoms with Crippen molar-refractivity contribution in [2.24, 2.45) is 0 Å². The fraction of sp³-hybridized carbons (Fsp3) is 0.571. The van der Waals surface area contributed by atoms with E-state index in [9.17, 15) is 4.39 Å². The number of nitrogen functional groups attached to an aromatic ring is 1. The number of rotatable bonds is 3. The molecule has 1 saturated carbocycles. The first-order valence-electron chi connectivity index (χ1n) is 6.42. The second-order valence-electron chi connectivity index (χ2n) is 4.73. The molecule has 0 bridgehead atoms. The van der Waals surface area contributed by atoms with Gasteiger partial charge in [0.2, 0.25) is 0 Å². The van der Waals surface area contributed by atoms with Crippen molar-refractivity contribution in [3.8, 4) is 0 Å². The molecular formula is C14H20FNO. The van der Waals surface area contributed by atoms with Crippen molar-refractivity contribution in [1.29, 1.82) is 0 Å². The lowest BCUT2D eigenvalue weighted by Crippen LogP contribution is -2.13. The van der Waals surface area contributed by atoms with Crippen molar-refractivity contribution in [1.82, 2.24) is 0 Å². The molecule has 1 aliphatic rings. The standard InChI is InChI=1S/C14H20FNO/c15-13-8-5-9-14(16)12(13)10-17-11-6-3-1-2-4-7-11/h5,8-9,11H,1-4,6-7,10,16H2. The Morgan fingerprint density at radius 2 is 1.88 bits per heavy atom. The Bertz CT molecular complexity index is 339. The average Bonchev–Trinajstić information content (AvgIpc) is 2.57. The highest BCUT2D eigenvalue weighted by atomic mass is 19.1. The van der Waals surface area contributed by atoms with Crippen molar-refractivity contribution in [3.63, 3.8) is 0 Å². The maximum atomic E-state index is 13.5. The van der Waals surface area contributed by atoms with E-state index in [2.05, 4.69) is 0 Å². The molecule has 0 spiro atoms. The molecule has 0 amide bonds. The molecule has 0 radical (unpaired) electrons. The molecule has 1 aromatic rings. The Hall–Kier alpha value is -1.09. The van der Waals surface area contributed by atoms with Gasteiger partial charge < -0.3 is 10.5 Å². The lowest BCUT2D eigenvalue weighted by atomic mass is 10.1. The van der Waals surface area contributed by atoms with E-state index in [1.165, 1.54) is 31.7 Å². The fourth-order valence-electron chi connectivity index (χ4n) is 2.34. The minimum Gasteiger partial charge on any atom is -0.398 e. The van der Waals surface area contributed by atoms with Crippen LogP contribution in [-0.4, -0.2) is 6.10 Å². The molecule has 1 aromatic carbocycles. The van der Waals surface area contributed by atoms with Crippen LogP contribution in [0.25, 0.3) is 0 Å². The van der Waals surface area contributed by atoms with Gasteiger partial charge in [0.15, 0.2) is 0 Å². The van der Waals surface area contributed by atoms with Crippen molar-refractivity contribution in [2.45, 2.75) is 51.2 Å². The minimum absolute atomic E-state index is 0.265. The summed E-state index contributed by atoms with van der Waals surface area (Å²) in [4.78, 5) is 0. The number of hydrogen-bond donors (Lipinski definition) is 1. The van der Waals surface area contributed by atoms with Crippen LogP contribution in [-0.2, 0) is 11.3 Å². The summed E-state index contributed by atoms with van der Waals surface area (Å²) in [5, 5.41) is 0. The average molecular weight is 237 g/mol. The first-order chi connectivity index (χ1) is 8.27. The van der Waals surface area contributed by atoms with Crippen molar-refractivity contribution < 1.29 is 9.13 Å². The highest BCUT2D eigenvalue weighted by Gasteiger charge is 2.14. The molecule has 0 heterocycles. The van der Waals surface area contributed by atoms with Gasteiger partial charge in [-0.1, -0.05) is 31.7 Å². The predicted octanol–water partition coefficient (Wildman–Crippen LogP) is 3.65. The van der Waals surface area contributed by atoms with Gasteiger partial charge in [0, 0.05) is 11.3 Å². The molecule has 3 heteroatoms. The van der Waals surface area contributed by atoms with Gasteiger partial charge in [0.25, 0.3) is 0 Å². The molecule has 0 aromatic heterocycles. The zero-order valence-corrected chi connectivity index (χ0v) is 10.1. The topological polar surface area (TPSA) is 35.2 Å². The van der Waals surface area contributed by atoms with E-state index in [1.807, 2.05) is 0 Å². The number of benzene rings is 1. The lowest BCUT2D eigenvalue weighted by molar-refractivity contribution is 0.0299. The minimum atomic E-state index is -0.265. The molecule has 0 atom stereocenters. The van der Waals surface area contributed by atoms with E-state index in [0.717, 1.165) is 12.8 Å². The molecule has 2 nitrogen and oxygen atoms in total. The number of nitrogens with two attached hydrogens (primary N) is 1. The van der Waals surface area contributed by atoms with Crippen LogP contribution in [0.15, 0.2) is 18.2 Å². The summed E-state index contributed by atoms with van der Waals surface area (Å²) in [6.45, 7) is 0.295. The van der Waals surface area contributed by atoms with Gasteiger partial charge in [-0.15, -0.1) is 0 Å². The summed E-state index contributed by atoms with van der Waals surface area (Å²) in [6.07, 6.45) is 7.48. The van der Waals surface area contributed by atoms with E-state index in [4.69, 9.17) is 10.5 Å². The Morgan fingerprint density at radius 3 is 2.53 bits per heavy atom. The summed E-state index contributed by atoms with van der Waals surface area (Å²) in [6, 6.07) is 4.77. The third kappa shape index (κ3) is 3.43. The van der Waals surface area contributed by atoms with Gasteiger partial charge in [-0.25, -0.2) is 4.39 Å². The Labute approximate surface area is 102 Å². The van der Waals surface area contributed by atoms with Gasteiger partial charge in [-0.2, -0.15) is 0 Å². The summed E-state index contributed by atoms with van der Waals surface area (Å²) in [5.74, 6) is -0.265. The molecule has 0 saturated heterocycles. The maximum absolute atomic E-state index is 13.5. The zero-order valence-electron chi connectivity index (χ0n) is 10.1. The van der Waals surface area contributed by atoms with E-state index in [-0.39, 0.29) is 11.9 Å². The number of anilines is 1. The van der Waals surface area contributed by atoms with Crippen LogP contribution in [0.2, 0.25) is 0 Å². The first-order valence-corrected chi connectivity index (χ1v) is 6.42. The normalized spacial score (nSPS) is 17.9. The molecule has 2 N–H and O–H groups in total. The van der Waals surface area contributed by atoms with Gasteiger partial charge in [0.05, 0.1) is 12.7 Å². The van der Waals surface area contributed by atoms with Crippen LogP contribution in [0.1, 0.15) is 44.1 Å². The molecule has 2 rings (SSSR count).